The first kappa shape index (κ1) is 12.0. The monoisotopic (exact) mass is 220 g/mol. The fourth-order valence-electron chi connectivity index (χ4n) is 1.38. The van der Waals surface area contributed by atoms with E-state index in [9.17, 15) is 14.7 Å². The minimum atomic E-state index is -1.20. The molecule has 0 aliphatic heterocycles. The van der Waals surface area contributed by atoms with Crippen molar-refractivity contribution in [2.24, 2.45) is 0 Å². The SMILES string of the molecule is Cc1cc(C)c(O)c(C(=O)/C=C/C(=O)O)c1. The first-order valence-electron chi connectivity index (χ1n) is 4.67. The highest BCUT2D eigenvalue weighted by Gasteiger charge is 2.11. The molecular weight excluding hydrogens is 208 g/mol. The first-order valence-corrected chi connectivity index (χ1v) is 4.67. The van der Waals surface area contributed by atoms with Crippen molar-refractivity contribution in [2.45, 2.75) is 13.8 Å². The van der Waals surface area contributed by atoms with E-state index >= 15 is 0 Å². The number of aliphatic carboxylic acids is 1. The fraction of sp³-hybridized carbons (Fsp3) is 0.167. The van der Waals surface area contributed by atoms with E-state index in [1.54, 1.807) is 19.9 Å². The van der Waals surface area contributed by atoms with Crippen molar-refractivity contribution in [2.75, 3.05) is 0 Å². The molecule has 0 fully saturated rings. The predicted molar refractivity (Wildman–Crippen MR) is 58.7 cm³/mol. The van der Waals surface area contributed by atoms with Gasteiger partial charge < -0.3 is 10.2 Å². The number of carbonyl (C=O) groups is 2. The molecule has 0 saturated carbocycles. The van der Waals surface area contributed by atoms with Gasteiger partial charge in [-0.1, -0.05) is 6.07 Å². The number of carboxylic acids is 1. The second-order valence-corrected chi connectivity index (χ2v) is 3.51. The minimum Gasteiger partial charge on any atom is -0.507 e. The second-order valence-electron chi connectivity index (χ2n) is 3.51. The van der Waals surface area contributed by atoms with Gasteiger partial charge in [0.2, 0.25) is 0 Å². The van der Waals surface area contributed by atoms with E-state index in [1.165, 1.54) is 6.07 Å². The highest BCUT2D eigenvalue weighted by atomic mass is 16.4. The number of benzene rings is 1. The molecule has 0 unspecified atom stereocenters. The summed E-state index contributed by atoms with van der Waals surface area (Å²) in [4.78, 5) is 21.8. The molecule has 0 bridgehead atoms. The second kappa shape index (κ2) is 4.61. The number of hydrogen-bond acceptors (Lipinski definition) is 3. The predicted octanol–water partition coefficient (Wildman–Crippen LogP) is 1.83. The van der Waals surface area contributed by atoms with Crippen molar-refractivity contribution in [1.29, 1.82) is 0 Å². The van der Waals surface area contributed by atoms with E-state index in [4.69, 9.17) is 5.11 Å². The molecule has 84 valence electrons. The molecule has 0 spiro atoms. The Morgan fingerprint density at radius 2 is 1.81 bits per heavy atom. The van der Waals surface area contributed by atoms with Crippen LogP contribution < -0.4 is 0 Å². The average molecular weight is 220 g/mol. The third-order valence-electron chi connectivity index (χ3n) is 2.09. The summed E-state index contributed by atoms with van der Waals surface area (Å²) in [6, 6.07) is 3.27. The lowest BCUT2D eigenvalue weighted by Gasteiger charge is -2.05. The van der Waals surface area contributed by atoms with Crippen LogP contribution in [0, 0.1) is 13.8 Å². The maximum Gasteiger partial charge on any atom is 0.328 e. The molecule has 1 rings (SSSR count). The van der Waals surface area contributed by atoms with Gasteiger partial charge in [0.25, 0.3) is 0 Å². The van der Waals surface area contributed by atoms with Gasteiger partial charge >= 0.3 is 5.97 Å². The third kappa shape index (κ3) is 2.70. The van der Waals surface area contributed by atoms with Gasteiger partial charge in [-0.05, 0) is 37.1 Å². The lowest BCUT2D eigenvalue weighted by Crippen LogP contribution is -1.99. The third-order valence-corrected chi connectivity index (χ3v) is 2.09. The van der Waals surface area contributed by atoms with Crippen molar-refractivity contribution >= 4 is 11.8 Å². The Morgan fingerprint density at radius 3 is 2.38 bits per heavy atom. The molecule has 1 aromatic carbocycles. The van der Waals surface area contributed by atoms with Gasteiger partial charge in [0, 0.05) is 6.08 Å². The number of carbonyl (C=O) groups excluding carboxylic acids is 1. The van der Waals surface area contributed by atoms with Crippen LogP contribution in [0.25, 0.3) is 0 Å². The highest BCUT2D eigenvalue weighted by molar-refractivity contribution is 6.08. The van der Waals surface area contributed by atoms with Crippen LogP contribution >= 0.6 is 0 Å². The first-order chi connectivity index (χ1) is 7.41. The summed E-state index contributed by atoms with van der Waals surface area (Å²) in [6.07, 6.45) is 1.68. The maximum atomic E-state index is 11.6. The van der Waals surface area contributed by atoms with E-state index in [2.05, 4.69) is 0 Å². The van der Waals surface area contributed by atoms with Gasteiger partial charge in [0.05, 0.1) is 5.56 Å². The number of ketones is 1. The Kier molecular flexibility index (Phi) is 3.45. The molecule has 0 aliphatic carbocycles. The molecule has 0 saturated heterocycles. The number of rotatable bonds is 3. The van der Waals surface area contributed by atoms with Crippen molar-refractivity contribution < 1.29 is 19.8 Å². The smallest absolute Gasteiger partial charge is 0.328 e. The highest BCUT2D eigenvalue weighted by Crippen LogP contribution is 2.24. The summed E-state index contributed by atoms with van der Waals surface area (Å²) < 4.78 is 0. The van der Waals surface area contributed by atoms with Crippen molar-refractivity contribution in [3.8, 4) is 5.75 Å². The molecule has 16 heavy (non-hydrogen) atoms. The molecule has 0 radical (unpaired) electrons. The molecule has 0 atom stereocenters. The van der Waals surface area contributed by atoms with Crippen LogP contribution in [0.2, 0.25) is 0 Å². The molecule has 2 N–H and O–H groups in total. The van der Waals surface area contributed by atoms with Crippen molar-refractivity contribution in [1.82, 2.24) is 0 Å². The average Bonchev–Trinajstić information content (AvgIpc) is 2.19. The molecule has 4 nitrogen and oxygen atoms in total. The molecule has 0 aromatic heterocycles. The van der Waals surface area contributed by atoms with E-state index in [1.807, 2.05) is 0 Å². The molecule has 0 heterocycles. The number of aromatic hydroxyl groups is 1. The largest absolute Gasteiger partial charge is 0.507 e. The number of phenolic OH excluding ortho intramolecular Hbond substituents is 1. The van der Waals surface area contributed by atoms with E-state index in [0.717, 1.165) is 17.7 Å². The molecule has 0 aliphatic rings. The van der Waals surface area contributed by atoms with Crippen molar-refractivity contribution in [3.63, 3.8) is 0 Å². The van der Waals surface area contributed by atoms with E-state index in [-0.39, 0.29) is 11.3 Å². The molecule has 0 amide bonds. The quantitative estimate of drug-likeness (QED) is 0.602. The van der Waals surface area contributed by atoms with Crippen LogP contribution in [0.15, 0.2) is 24.3 Å². The van der Waals surface area contributed by atoms with Gasteiger partial charge in [-0.15, -0.1) is 0 Å². The summed E-state index contributed by atoms with van der Waals surface area (Å²) >= 11 is 0. The number of aryl methyl sites for hydroxylation is 2. The zero-order chi connectivity index (χ0) is 12.3. The van der Waals surface area contributed by atoms with Gasteiger partial charge in [0.1, 0.15) is 5.75 Å². The summed E-state index contributed by atoms with van der Waals surface area (Å²) in [5.41, 5.74) is 1.55. The summed E-state index contributed by atoms with van der Waals surface area (Å²) in [7, 11) is 0. The summed E-state index contributed by atoms with van der Waals surface area (Å²) in [5.74, 6) is -1.82. The van der Waals surface area contributed by atoms with Gasteiger partial charge in [-0.25, -0.2) is 4.79 Å². The maximum absolute atomic E-state index is 11.6. The Balaban J connectivity index is 3.13. The topological polar surface area (TPSA) is 74.6 Å². The summed E-state index contributed by atoms with van der Waals surface area (Å²) in [5, 5.41) is 18.0. The van der Waals surface area contributed by atoms with Crippen LogP contribution in [-0.4, -0.2) is 22.0 Å². The standard InChI is InChI=1S/C12H12O4/c1-7-5-8(2)12(16)9(6-7)10(13)3-4-11(14)15/h3-6,16H,1-2H3,(H,14,15)/b4-3+. The Morgan fingerprint density at radius 1 is 1.19 bits per heavy atom. The molecular formula is C12H12O4. The lowest BCUT2D eigenvalue weighted by atomic mass is 10.0. The Hall–Kier alpha value is -2.10. The number of allylic oxidation sites excluding steroid dienone is 1. The van der Waals surface area contributed by atoms with Gasteiger partial charge in [-0.3, -0.25) is 4.79 Å². The lowest BCUT2D eigenvalue weighted by molar-refractivity contribution is -0.131. The van der Waals surface area contributed by atoms with Crippen LogP contribution in [0.1, 0.15) is 21.5 Å². The Bertz CT molecular complexity index is 472. The van der Waals surface area contributed by atoms with E-state index in [0.29, 0.717) is 5.56 Å². The number of phenols is 1. The zero-order valence-electron chi connectivity index (χ0n) is 9.02. The Labute approximate surface area is 92.8 Å². The molecule has 1 aromatic rings. The van der Waals surface area contributed by atoms with Crippen LogP contribution in [0.4, 0.5) is 0 Å². The van der Waals surface area contributed by atoms with E-state index < -0.39 is 11.8 Å². The minimum absolute atomic E-state index is 0.106. The zero-order valence-corrected chi connectivity index (χ0v) is 9.02. The fourth-order valence-corrected chi connectivity index (χ4v) is 1.38. The van der Waals surface area contributed by atoms with Crippen LogP contribution in [0.5, 0.6) is 5.75 Å². The van der Waals surface area contributed by atoms with Crippen LogP contribution in [0.3, 0.4) is 0 Å². The van der Waals surface area contributed by atoms with Crippen molar-refractivity contribution in [3.05, 3.63) is 41.0 Å². The van der Waals surface area contributed by atoms with Gasteiger partial charge in [0.15, 0.2) is 5.78 Å². The number of hydrogen-bond donors (Lipinski definition) is 2. The van der Waals surface area contributed by atoms with Gasteiger partial charge in [-0.2, -0.15) is 0 Å². The normalized spacial score (nSPS) is 10.6. The molecule has 4 heteroatoms. The summed E-state index contributed by atoms with van der Waals surface area (Å²) in [6.45, 7) is 3.48. The van der Waals surface area contributed by atoms with Crippen LogP contribution in [-0.2, 0) is 4.79 Å². The number of carboxylic acid groups (broad SMARTS) is 1.